The van der Waals surface area contributed by atoms with E-state index >= 15 is 0 Å². The third-order valence-corrected chi connectivity index (χ3v) is 8.50. The van der Waals surface area contributed by atoms with Crippen LogP contribution in [0.4, 0.5) is 13.2 Å². The normalized spacial score (nSPS) is 21.8. The van der Waals surface area contributed by atoms with Crippen LogP contribution in [0, 0.1) is 23.1 Å². The van der Waals surface area contributed by atoms with Gasteiger partial charge in [-0.2, -0.15) is 8.78 Å². The number of aliphatic carboxylic acids is 1. The number of hydrogen-bond acceptors (Lipinski definition) is 3. The Labute approximate surface area is 229 Å². The summed E-state index contributed by atoms with van der Waals surface area (Å²) in [6.07, 6.45) is 5.29. The van der Waals surface area contributed by atoms with Gasteiger partial charge in [-0.1, -0.05) is 36.4 Å². The lowest BCUT2D eigenvalue weighted by molar-refractivity contribution is -0.157. The summed E-state index contributed by atoms with van der Waals surface area (Å²) in [6.45, 7) is -2.47. The summed E-state index contributed by atoms with van der Waals surface area (Å²) in [5.74, 6) is -1.09. The minimum absolute atomic E-state index is 0.0276. The quantitative estimate of drug-likeness (QED) is 0.220. The number of halogens is 3. The van der Waals surface area contributed by atoms with Gasteiger partial charge in [0.2, 0.25) is 0 Å². The minimum Gasteiger partial charge on any atom is -0.481 e. The summed E-state index contributed by atoms with van der Waals surface area (Å²) in [6, 6.07) is 18.7. The lowest BCUT2D eigenvalue weighted by Crippen LogP contribution is -2.50. The Balaban J connectivity index is 1.18. The van der Waals surface area contributed by atoms with Crippen LogP contribution in [0.15, 0.2) is 72.9 Å². The second-order valence-corrected chi connectivity index (χ2v) is 11.2. The summed E-state index contributed by atoms with van der Waals surface area (Å²) in [4.78, 5) is 24.5. The number of aromatic nitrogens is 1. The van der Waals surface area contributed by atoms with E-state index in [4.69, 9.17) is 5.11 Å². The van der Waals surface area contributed by atoms with Crippen LogP contribution in [-0.2, 0) is 11.3 Å². The first-order valence-corrected chi connectivity index (χ1v) is 13.4. The smallest absolute Gasteiger partial charge is 0.387 e. The molecule has 8 heteroatoms. The van der Waals surface area contributed by atoms with Crippen molar-refractivity contribution in [2.24, 2.45) is 17.3 Å². The fourth-order valence-electron chi connectivity index (χ4n) is 6.67. The first-order chi connectivity index (χ1) is 19.2. The van der Waals surface area contributed by atoms with Gasteiger partial charge < -0.3 is 14.4 Å². The van der Waals surface area contributed by atoms with Gasteiger partial charge in [-0.15, -0.1) is 0 Å². The molecule has 40 heavy (non-hydrogen) atoms. The van der Waals surface area contributed by atoms with E-state index < -0.39 is 12.6 Å². The van der Waals surface area contributed by atoms with Gasteiger partial charge >= 0.3 is 12.6 Å². The van der Waals surface area contributed by atoms with Crippen LogP contribution in [-0.4, -0.2) is 28.0 Å². The molecule has 1 spiro atoms. The number of carboxylic acids is 1. The maximum atomic E-state index is 14.7. The molecule has 2 aliphatic rings. The number of nitrogens with zero attached hydrogens (tertiary/aromatic N) is 1. The minimum atomic E-state index is -2.89. The fourth-order valence-corrected chi connectivity index (χ4v) is 6.67. The Morgan fingerprint density at radius 3 is 2.42 bits per heavy atom. The van der Waals surface area contributed by atoms with Gasteiger partial charge in [-0.3, -0.25) is 9.59 Å². The van der Waals surface area contributed by atoms with Crippen molar-refractivity contribution in [1.29, 1.82) is 0 Å². The zero-order valence-electron chi connectivity index (χ0n) is 21.7. The van der Waals surface area contributed by atoms with Gasteiger partial charge in [0.1, 0.15) is 11.6 Å². The molecule has 206 valence electrons. The number of ether oxygens (including phenoxy) is 1. The summed E-state index contributed by atoms with van der Waals surface area (Å²) in [5.41, 5.74) is 3.66. The molecule has 0 saturated heterocycles. The molecule has 0 radical (unpaired) electrons. The third-order valence-electron chi connectivity index (χ3n) is 8.50. The van der Waals surface area contributed by atoms with Crippen molar-refractivity contribution in [3.8, 4) is 16.9 Å². The SMILES string of the molecule is O=C(CC1CC2(C1)CC(C(=O)O)C2)c1ccc(F)c2ccn(Cc3ccc(-c4cccc(OC(F)F)c4)cc3)c12. The highest BCUT2D eigenvalue weighted by atomic mass is 19.3. The van der Waals surface area contributed by atoms with E-state index in [0.717, 1.165) is 29.5 Å². The predicted octanol–water partition coefficient (Wildman–Crippen LogP) is 7.56. The largest absolute Gasteiger partial charge is 0.481 e. The number of carbonyl (C=O) groups excluding carboxylic acids is 1. The van der Waals surface area contributed by atoms with Crippen molar-refractivity contribution in [3.63, 3.8) is 0 Å². The van der Waals surface area contributed by atoms with E-state index in [9.17, 15) is 22.8 Å². The molecule has 4 aromatic rings. The zero-order chi connectivity index (χ0) is 28.0. The van der Waals surface area contributed by atoms with E-state index in [0.29, 0.717) is 42.3 Å². The van der Waals surface area contributed by atoms with Crippen molar-refractivity contribution in [2.75, 3.05) is 0 Å². The van der Waals surface area contributed by atoms with Gasteiger partial charge in [0.25, 0.3) is 0 Å². The second kappa shape index (κ2) is 10.2. The molecule has 1 N–H and O–H groups in total. The lowest BCUT2D eigenvalue weighted by atomic mass is 9.47. The average molecular weight is 548 g/mol. The first kappa shape index (κ1) is 26.2. The number of benzene rings is 3. The molecule has 2 saturated carbocycles. The van der Waals surface area contributed by atoms with Crippen molar-refractivity contribution >= 4 is 22.7 Å². The lowest BCUT2D eigenvalue weighted by Gasteiger charge is -2.56. The van der Waals surface area contributed by atoms with E-state index in [2.05, 4.69) is 4.74 Å². The van der Waals surface area contributed by atoms with Crippen LogP contribution >= 0.6 is 0 Å². The molecule has 6 rings (SSSR count). The number of hydrogen-bond donors (Lipinski definition) is 1. The Morgan fingerprint density at radius 2 is 1.73 bits per heavy atom. The summed E-state index contributed by atoms with van der Waals surface area (Å²) >= 11 is 0. The number of rotatable bonds is 9. The topological polar surface area (TPSA) is 68.5 Å². The Hall–Kier alpha value is -4.07. The summed E-state index contributed by atoms with van der Waals surface area (Å²) in [5, 5.41) is 9.56. The molecule has 5 nitrogen and oxygen atoms in total. The van der Waals surface area contributed by atoms with Crippen LogP contribution in [0.2, 0.25) is 0 Å². The number of carboxylic acid groups (broad SMARTS) is 1. The molecule has 1 aromatic heterocycles. The highest BCUT2D eigenvalue weighted by molar-refractivity contribution is 6.07. The molecular formula is C32H28F3NO4. The maximum Gasteiger partial charge on any atom is 0.387 e. The maximum absolute atomic E-state index is 14.7. The molecule has 0 unspecified atom stereocenters. The van der Waals surface area contributed by atoms with E-state index in [1.165, 1.54) is 12.1 Å². The zero-order valence-corrected chi connectivity index (χ0v) is 21.7. The molecule has 0 amide bonds. The van der Waals surface area contributed by atoms with Crippen molar-refractivity contribution in [1.82, 2.24) is 4.57 Å². The molecule has 1 heterocycles. The Bertz CT molecular complexity index is 1580. The first-order valence-electron chi connectivity index (χ1n) is 13.4. The van der Waals surface area contributed by atoms with E-state index in [-0.39, 0.29) is 34.6 Å². The van der Waals surface area contributed by atoms with Gasteiger partial charge in [-0.05, 0) is 84.0 Å². The molecule has 0 bridgehead atoms. The number of carbonyl (C=O) groups is 2. The fraction of sp³-hybridized carbons (Fsp3) is 0.312. The van der Waals surface area contributed by atoms with Gasteiger partial charge in [0, 0.05) is 30.1 Å². The highest BCUT2D eigenvalue weighted by Gasteiger charge is 2.54. The van der Waals surface area contributed by atoms with Gasteiger partial charge in [0.15, 0.2) is 5.78 Å². The van der Waals surface area contributed by atoms with Gasteiger partial charge in [0.05, 0.1) is 11.4 Å². The van der Waals surface area contributed by atoms with Crippen molar-refractivity contribution < 1.29 is 32.6 Å². The number of alkyl halides is 2. The number of fused-ring (bicyclic) bond motifs is 1. The number of Topliss-reactive ketones (excluding diaryl/α,β-unsaturated/α-hetero) is 1. The predicted molar refractivity (Wildman–Crippen MR) is 144 cm³/mol. The van der Waals surface area contributed by atoms with Crippen molar-refractivity contribution in [2.45, 2.75) is 45.3 Å². The Kier molecular flexibility index (Phi) is 6.64. The molecule has 2 aliphatic carbocycles. The molecule has 3 aromatic carbocycles. The van der Waals surface area contributed by atoms with Crippen LogP contribution in [0.3, 0.4) is 0 Å². The van der Waals surface area contributed by atoms with Crippen LogP contribution < -0.4 is 4.74 Å². The highest BCUT2D eigenvalue weighted by Crippen LogP contribution is 2.62. The molecule has 0 aliphatic heterocycles. The van der Waals surface area contributed by atoms with Gasteiger partial charge in [-0.25, -0.2) is 4.39 Å². The molecular weight excluding hydrogens is 519 g/mol. The Morgan fingerprint density at radius 1 is 0.975 bits per heavy atom. The molecule has 0 atom stereocenters. The average Bonchev–Trinajstić information content (AvgIpc) is 3.29. The third kappa shape index (κ3) is 4.98. The number of ketones is 1. The standard InChI is InChI=1S/C32H28F3NO4/c33-27-9-8-26(28(37)12-20-14-32(15-20)16-23(17-32)30(38)39)29-25(27)10-11-36(29)18-19-4-6-21(7-5-19)22-2-1-3-24(13-22)40-31(34)35/h1-11,13,20,23,31H,12,14-18H2,(H,38,39). The van der Waals surface area contributed by atoms with Crippen molar-refractivity contribution in [3.05, 3.63) is 89.9 Å². The van der Waals surface area contributed by atoms with E-state index in [1.807, 2.05) is 34.9 Å². The van der Waals surface area contributed by atoms with Crippen LogP contribution in [0.1, 0.15) is 48.0 Å². The molecule has 2 fully saturated rings. The van der Waals surface area contributed by atoms with Crippen LogP contribution in [0.5, 0.6) is 5.75 Å². The van der Waals surface area contributed by atoms with E-state index in [1.54, 1.807) is 30.5 Å². The second-order valence-electron chi connectivity index (χ2n) is 11.2. The van der Waals surface area contributed by atoms with Crippen LogP contribution in [0.25, 0.3) is 22.0 Å². The summed E-state index contributed by atoms with van der Waals surface area (Å²) in [7, 11) is 0. The summed E-state index contributed by atoms with van der Waals surface area (Å²) < 4.78 is 46.2. The monoisotopic (exact) mass is 547 g/mol.